The summed E-state index contributed by atoms with van der Waals surface area (Å²) in [4.78, 5) is 14.3. The molecule has 4 heterocycles. The van der Waals surface area contributed by atoms with Crippen LogP contribution in [0.3, 0.4) is 0 Å². The summed E-state index contributed by atoms with van der Waals surface area (Å²) < 4.78 is 33.7. The normalized spacial score (nSPS) is 22.4. The zero-order valence-electron chi connectivity index (χ0n) is 17.2. The minimum absolute atomic E-state index is 0.342. The van der Waals surface area contributed by atoms with Crippen molar-refractivity contribution in [3.8, 4) is 0 Å². The lowest BCUT2D eigenvalue weighted by Gasteiger charge is -2.38. The first-order valence-corrected chi connectivity index (χ1v) is 11.9. The highest BCUT2D eigenvalue weighted by Crippen LogP contribution is 2.44. The van der Waals surface area contributed by atoms with E-state index in [1.165, 1.54) is 0 Å². The maximum absolute atomic E-state index is 12.9. The van der Waals surface area contributed by atoms with Crippen molar-refractivity contribution in [2.24, 2.45) is 0 Å². The minimum Gasteiger partial charge on any atom is -0.364 e. The van der Waals surface area contributed by atoms with Gasteiger partial charge in [0.15, 0.2) is 0 Å². The number of ether oxygens (including phenoxy) is 1. The topological polar surface area (TPSA) is 78.9 Å². The van der Waals surface area contributed by atoms with Crippen molar-refractivity contribution in [3.05, 3.63) is 47.8 Å². The molecule has 160 valence electrons. The highest BCUT2D eigenvalue weighted by atomic mass is 32.2. The summed E-state index contributed by atoms with van der Waals surface area (Å²) in [5.41, 5.74) is 1.49. The van der Waals surface area contributed by atoms with Gasteiger partial charge in [0.25, 0.3) is 0 Å². The number of hydrogen-bond donors (Lipinski definition) is 0. The van der Waals surface area contributed by atoms with E-state index in [1.54, 1.807) is 28.6 Å². The number of aromatic nitrogens is 2. The average Bonchev–Trinajstić information content (AvgIpc) is 3.12. The van der Waals surface area contributed by atoms with E-state index >= 15 is 0 Å². The van der Waals surface area contributed by atoms with Crippen LogP contribution in [0.25, 0.3) is 0 Å². The molecule has 1 aromatic heterocycles. The zero-order valence-corrected chi connectivity index (χ0v) is 18.0. The molecular formula is C21H27N5O3S. The number of benzene rings is 1. The van der Waals surface area contributed by atoms with Gasteiger partial charge in [0.1, 0.15) is 0 Å². The van der Waals surface area contributed by atoms with Crippen LogP contribution in [0.2, 0.25) is 0 Å². The molecule has 5 rings (SSSR count). The molecule has 0 N–H and O–H groups in total. The molecular weight excluding hydrogens is 402 g/mol. The number of anilines is 1. The van der Waals surface area contributed by atoms with Crippen LogP contribution in [0.5, 0.6) is 0 Å². The number of hydrogen-bond acceptors (Lipinski definition) is 7. The molecule has 0 radical (unpaired) electrons. The fraction of sp³-hybridized carbons (Fsp3) is 0.524. The van der Waals surface area contributed by atoms with Crippen molar-refractivity contribution >= 4 is 16.0 Å². The molecule has 9 heteroatoms. The van der Waals surface area contributed by atoms with E-state index in [-0.39, 0.29) is 0 Å². The van der Waals surface area contributed by atoms with Crippen LogP contribution in [0, 0.1) is 0 Å². The summed E-state index contributed by atoms with van der Waals surface area (Å²) in [6.07, 6.45) is 3.14. The summed E-state index contributed by atoms with van der Waals surface area (Å²) in [7, 11) is -1.35. The third-order valence-electron chi connectivity index (χ3n) is 6.53. The molecule has 2 fully saturated rings. The Bertz CT molecular complexity index is 1010. The van der Waals surface area contributed by atoms with Gasteiger partial charge in [-0.25, -0.2) is 18.4 Å². The Balaban J connectivity index is 1.32. The van der Waals surface area contributed by atoms with Gasteiger partial charge >= 0.3 is 0 Å². The predicted octanol–water partition coefficient (Wildman–Crippen LogP) is 1.44. The average molecular weight is 430 g/mol. The SMILES string of the molecule is CN1CCN(c2ncc3c(n2)COC32CCN(S(=O)(=O)c3ccccc3)CC2)CC1. The largest absolute Gasteiger partial charge is 0.364 e. The molecule has 1 aromatic carbocycles. The van der Waals surface area contributed by atoms with Crippen LogP contribution >= 0.6 is 0 Å². The second-order valence-electron chi connectivity index (χ2n) is 8.32. The number of piperidine rings is 1. The van der Waals surface area contributed by atoms with Crippen LogP contribution in [-0.4, -0.2) is 73.9 Å². The lowest BCUT2D eigenvalue weighted by Crippen LogP contribution is -2.45. The number of likely N-dealkylation sites (N-methyl/N-ethyl adjacent to an activating group) is 1. The molecule has 0 aliphatic carbocycles. The maximum atomic E-state index is 12.9. The third kappa shape index (κ3) is 3.39. The van der Waals surface area contributed by atoms with Crippen LogP contribution in [-0.2, 0) is 27.0 Å². The molecule has 0 unspecified atom stereocenters. The fourth-order valence-corrected chi connectivity index (χ4v) is 6.05. The summed E-state index contributed by atoms with van der Waals surface area (Å²) >= 11 is 0. The van der Waals surface area contributed by atoms with E-state index in [0.29, 0.717) is 37.4 Å². The van der Waals surface area contributed by atoms with Gasteiger partial charge in [-0.15, -0.1) is 0 Å². The molecule has 2 saturated heterocycles. The van der Waals surface area contributed by atoms with E-state index in [2.05, 4.69) is 21.8 Å². The summed E-state index contributed by atoms with van der Waals surface area (Å²) in [6, 6.07) is 8.63. The van der Waals surface area contributed by atoms with Crippen molar-refractivity contribution in [1.82, 2.24) is 19.2 Å². The van der Waals surface area contributed by atoms with E-state index < -0.39 is 15.6 Å². The Kier molecular flexibility index (Phi) is 5.01. The maximum Gasteiger partial charge on any atom is 0.243 e. The van der Waals surface area contributed by atoms with Gasteiger partial charge in [-0.1, -0.05) is 18.2 Å². The number of piperazine rings is 1. The first kappa shape index (κ1) is 19.9. The van der Waals surface area contributed by atoms with Crippen molar-refractivity contribution in [1.29, 1.82) is 0 Å². The predicted molar refractivity (Wildman–Crippen MR) is 113 cm³/mol. The van der Waals surface area contributed by atoms with E-state index in [4.69, 9.17) is 9.72 Å². The van der Waals surface area contributed by atoms with E-state index in [0.717, 1.165) is 43.4 Å². The van der Waals surface area contributed by atoms with E-state index in [9.17, 15) is 8.42 Å². The lowest BCUT2D eigenvalue weighted by molar-refractivity contribution is -0.0692. The Morgan fingerprint density at radius 2 is 1.70 bits per heavy atom. The van der Waals surface area contributed by atoms with Gasteiger partial charge in [-0.3, -0.25) is 0 Å². The lowest BCUT2D eigenvalue weighted by atomic mass is 9.86. The van der Waals surface area contributed by atoms with Gasteiger partial charge in [0, 0.05) is 51.0 Å². The van der Waals surface area contributed by atoms with Crippen molar-refractivity contribution in [2.75, 3.05) is 51.2 Å². The first-order chi connectivity index (χ1) is 14.5. The van der Waals surface area contributed by atoms with Crippen LogP contribution in [0.4, 0.5) is 5.95 Å². The molecule has 2 aromatic rings. The minimum atomic E-state index is -3.48. The molecule has 0 atom stereocenters. The molecule has 3 aliphatic rings. The second-order valence-corrected chi connectivity index (χ2v) is 10.3. The number of fused-ring (bicyclic) bond motifs is 2. The van der Waals surface area contributed by atoms with Crippen LogP contribution in [0.15, 0.2) is 41.4 Å². The van der Waals surface area contributed by atoms with Crippen molar-refractivity contribution in [3.63, 3.8) is 0 Å². The third-order valence-corrected chi connectivity index (χ3v) is 8.44. The van der Waals surface area contributed by atoms with E-state index in [1.807, 2.05) is 12.3 Å². The van der Waals surface area contributed by atoms with Gasteiger partial charge in [-0.05, 0) is 32.0 Å². The molecule has 0 amide bonds. The first-order valence-electron chi connectivity index (χ1n) is 10.5. The summed E-state index contributed by atoms with van der Waals surface area (Å²) in [5.74, 6) is 0.770. The van der Waals surface area contributed by atoms with Gasteiger partial charge in [-0.2, -0.15) is 4.31 Å². The standard InChI is InChI=1S/C21H27N5O3S/c1-24-11-13-25(14-12-24)20-22-15-18-19(23-20)16-29-21(18)7-9-26(10-8-21)30(27,28)17-5-3-2-4-6-17/h2-6,15H,7-14,16H2,1H3. The quantitative estimate of drug-likeness (QED) is 0.730. The van der Waals surface area contributed by atoms with Crippen LogP contribution < -0.4 is 4.90 Å². The molecule has 0 bridgehead atoms. The van der Waals surface area contributed by atoms with Gasteiger partial charge in [0.05, 0.1) is 22.8 Å². The van der Waals surface area contributed by atoms with Crippen molar-refractivity contribution < 1.29 is 13.2 Å². The number of nitrogens with zero attached hydrogens (tertiary/aromatic N) is 5. The van der Waals surface area contributed by atoms with Gasteiger partial charge < -0.3 is 14.5 Å². The molecule has 8 nitrogen and oxygen atoms in total. The molecule has 1 spiro atoms. The van der Waals surface area contributed by atoms with Crippen molar-refractivity contribution in [2.45, 2.75) is 29.9 Å². The molecule has 3 aliphatic heterocycles. The zero-order chi connectivity index (χ0) is 20.8. The monoisotopic (exact) mass is 429 g/mol. The highest BCUT2D eigenvalue weighted by molar-refractivity contribution is 7.89. The highest BCUT2D eigenvalue weighted by Gasteiger charge is 2.46. The fourth-order valence-electron chi connectivity index (χ4n) is 4.58. The Labute approximate surface area is 177 Å². The molecule has 30 heavy (non-hydrogen) atoms. The summed E-state index contributed by atoms with van der Waals surface area (Å²) in [6.45, 7) is 5.18. The smallest absolute Gasteiger partial charge is 0.243 e. The Morgan fingerprint density at radius 1 is 1.00 bits per heavy atom. The van der Waals surface area contributed by atoms with Gasteiger partial charge in [0.2, 0.25) is 16.0 Å². The summed E-state index contributed by atoms with van der Waals surface area (Å²) in [5, 5.41) is 0. The Hall–Kier alpha value is -2.07. The molecule has 0 saturated carbocycles. The number of rotatable bonds is 3. The Morgan fingerprint density at radius 3 is 2.40 bits per heavy atom. The second kappa shape index (κ2) is 7.56. The number of sulfonamides is 1. The van der Waals surface area contributed by atoms with Crippen LogP contribution in [0.1, 0.15) is 24.1 Å².